The van der Waals surface area contributed by atoms with Crippen molar-refractivity contribution in [1.29, 1.82) is 0 Å². The minimum Gasteiger partial charge on any atom is -0.495 e. The van der Waals surface area contributed by atoms with E-state index in [1.807, 2.05) is 0 Å². The van der Waals surface area contributed by atoms with Crippen molar-refractivity contribution >= 4 is 51.4 Å². The molecule has 4 rings (SSSR count). The van der Waals surface area contributed by atoms with Gasteiger partial charge in [0.05, 0.1) is 22.1 Å². The molecule has 33 heavy (non-hydrogen) atoms. The van der Waals surface area contributed by atoms with Gasteiger partial charge in [-0.25, -0.2) is 14.4 Å². The second kappa shape index (κ2) is 8.80. The number of aromatic nitrogens is 2. The first-order chi connectivity index (χ1) is 15.7. The Bertz CT molecular complexity index is 1430. The fraction of sp³-hybridized carbons (Fsp3) is 0.130. The molecule has 1 heterocycles. The third-order valence-corrected chi connectivity index (χ3v) is 6.04. The number of fused-ring (bicyclic) bond motifs is 1. The molecular weight excluding hydrogens is 470 g/mol. The van der Waals surface area contributed by atoms with E-state index < -0.39 is 10.7 Å². The summed E-state index contributed by atoms with van der Waals surface area (Å²) in [6, 6.07) is 9.32. The van der Waals surface area contributed by atoms with Gasteiger partial charge < -0.3 is 10.1 Å². The first-order valence-electron chi connectivity index (χ1n) is 9.71. The Hall–Kier alpha value is -3.49. The molecule has 0 spiro atoms. The number of nitrogens with zero attached hydrogens (tertiary/aromatic N) is 3. The number of rotatable bonds is 5. The fourth-order valence-electron chi connectivity index (χ4n) is 3.53. The number of nitro groups is 1. The molecule has 0 amide bonds. The van der Waals surface area contributed by atoms with E-state index in [2.05, 4.69) is 15.3 Å². The molecule has 0 unspecified atom stereocenters. The molecule has 0 aliphatic rings. The number of nitro benzene ring substituents is 1. The molecule has 7 nitrogen and oxygen atoms in total. The monoisotopic (exact) mass is 486 g/mol. The first-order valence-corrected chi connectivity index (χ1v) is 10.5. The number of anilines is 2. The summed E-state index contributed by atoms with van der Waals surface area (Å²) in [7, 11) is 1.49. The van der Waals surface area contributed by atoms with Gasteiger partial charge in [-0.2, -0.15) is 0 Å². The lowest BCUT2D eigenvalue weighted by Crippen LogP contribution is -2.03. The van der Waals surface area contributed by atoms with Crippen LogP contribution in [0.15, 0.2) is 42.6 Å². The lowest BCUT2D eigenvalue weighted by Gasteiger charge is -2.15. The van der Waals surface area contributed by atoms with E-state index in [-0.39, 0.29) is 27.9 Å². The Balaban J connectivity index is 1.81. The standard InChI is InChI=1S/C23H17Cl2FN4O3/c1-11-5-4-6-16(30(31)32)21(11)28-23-27-10-14-8-13(9-15(26)22(14)29-23)18-19(24)12(2)7-17(33-3)20(18)25/h4-10H,1-3H3,(H,27,28,29). The number of aryl methyl sites for hydroxylation is 2. The molecule has 0 radical (unpaired) electrons. The van der Waals surface area contributed by atoms with E-state index >= 15 is 4.39 Å². The molecule has 1 N–H and O–H groups in total. The SMILES string of the molecule is COc1cc(C)c(Cl)c(-c2cc(F)c3nc(Nc4c(C)cccc4[N+](=O)[O-])ncc3c2)c1Cl. The normalized spacial score (nSPS) is 11.0. The van der Waals surface area contributed by atoms with Crippen LogP contribution >= 0.6 is 23.2 Å². The molecule has 4 aromatic rings. The quantitative estimate of drug-likeness (QED) is 0.240. The molecule has 168 valence electrons. The maximum atomic E-state index is 15.1. The molecule has 0 bridgehead atoms. The van der Waals surface area contributed by atoms with Crippen molar-refractivity contribution in [2.45, 2.75) is 13.8 Å². The first kappa shape index (κ1) is 22.7. The third kappa shape index (κ3) is 4.15. The Kier molecular flexibility index (Phi) is 6.05. The topological polar surface area (TPSA) is 90.2 Å². The number of hydrogen-bond donors (Lipinski definition) is 1. The maximum Gasteiger partial charge on any atom is 0.293 e. The van der Waals surface area contributed by atoms with Crippen LogP contribution in [-0.2, 0) is 0 Å². The average Bonchev–Trinajstić information content (AvgIpc) is 2.78. The molecular formula is C23H17Cl2FN4O3. The van der Waals surface area contributed by atoms with Crippen LogP contribution < -0.4 is 10.1 Å². The summed E-state index contributed by atoms with van der Waals surface area (Å²) < 4.78 is 20.4. The highest BCUT2D eigenvalue weighted by atomic mass is 35.5. The van der Waals surface area contributed by atoms with Crippen LogP contribution in [0.5, 0.6) is 5.75 Å². The number of nitrogens with one attached hydrogen (secondary N) is 1. The molecule has 0 saturated carbocycles. The van der Waals surface area contributed by atoms with Crippen molar-refractivity contribution in [1.82, 2.24) is 9.97 Å². The van der Waals surface area contributed by atoms with Crippen molar-refractivity contribution in [3.05, 3.63) is 79.7 Å². The molecule has 10 heteroatoms. The number of benzene rings is 3. The van der Waals surface area contributed by atoms with Gasteiger partial charge in [-0.15, -0.1) is 0 Å². The number of methoxy groups -OCH3 is 1. The smallest absolute Gasteiger partial charge is 0.293 e. The summed E-state index contributed by atoms with van der Waals surface area (Å²) >= 11 is 12.9. The number of hydrogen-bond acceptors (Lipinski definition) is 6. The summed E-state index contributed by atoms with van der Waals surface area (Å²) in [5.74, 6) is -0.177. The van der Waals surface area contributed by atoms with E-state index in [9.17, 15) is 10.1 Å². The third-order valence-electron chi connectivity index (χ3n) is 5.18. The zero-order chi connectivity index (χ0) is 23.9. The summed E-state index contributed by atoms with van der Waals surface area (Å²) in [6.07, 6.45) is 1.43. The van der Waals surface area contributed by atoms with Crippen molar-refractivity contribution in [2.24, 2.45) is 0 Å². The molecule has 1 aromatic heterocycles. The van der Waals surface area contributed by atoms with Crippen LogP contribution in [0.3, 0.4) is 0 Å². The van der Waals surface area contributed by atoms with Gasteiger partial charge in [0.2, 0.25) is 5.95 Å². The molecule has 0 fully saturated rings. The van der Waals surface area contributed by atoms with E-state index in [1.165, 1.54) is 25.4 Å². The van der Waals surface area contributed by atoms with Crippen molar-refractivity contribution in [3.8, 4) is 16.9 Å². The zero-order valence-corrected chi connectivity index (χ0v) is 19.3. The lowest BCUT2D eigenvalue weighted by molar-refractivity contribution is -0.384. The van der Waals surface area contributed by atoms with Gasteiger partial charge >= 0.3 is 0 Å². The second-order valence-corrected chi connectivity index (χ2v) is 8.10. The average molecular weight is 487 g/mol. The van der Waals surface area contributed by atoms with Crippen molar-refractivity contribution in [3.63, 3.8) is 0 Å². The van der Waals surface area contributed by atoms with Gasteiger partial charge in [0.25, 0.3) is 5.69 Å². The Labute approximate surface area is 198 Å². The number of ether oxygens (including phenoxy) is 1. The zero-order valence-electron chi connectivity index (χ0n) is 17.7. The fourth-order valence-corrected chi connectivity index (χ4v) is 4.17. The summed E-state index contributed by atoms with van der Waals surface area (Å²) in [6.45, 7) is 3.51. The van der Waals surface area contributed by atoms with Gasteiger partial charge in [-0.05, 0) is 48.7 Å². The van der Waals surface area contributed by atoms with Crippen molar-refractivity contribution < 1.29 is 14.1 Å². The maximum absolute atomic E-state index is 15.1. The summed E-state index contributed by atoms with van der Waals surface area (Å²) in [5, 5.41) is 15.2. The van der Waals surface area contributed by atoms with E-state index in [1.54, 1.807) is 38.1 Å². The second-order valence-electron chi connectivity index (χ2n) is 7.34. The van der Waals surface area contributed by atoms with Crippen LogP contribution in [0.4, 0.5) is 21.7 Å². The Morgan fingerprint density at radius 2 is 1.88 bits per heavy atom. The summed E-state index contributed by atoms with van der Waals surface area (Å²) in [5.41, 5.74) is 2.38. The predicted molar refractivity (Wildman–Crippen MR) is 127 cm³/mol. The highest BCUT2D eigenvalue weighted by Gasteiger charge is 2.20. The van der Waals surface area contributed by atoms with Crippen LogP contribution in [0, 0.1) is 29.8 Å². The Morgan fingerprint density at radius 3 is 2.58 bits per heavy atom. The number of halogens is 3. The lowest BCUT2D eigenvalue weighted by atomic mass is 10.0. The largest absolute Gasteiger partial charge is 0.495 e. The van der Waals surface area contributed by atoms with Crippen molar-refractivity contribution in [2.75, 3.05) is 12.4 Å². The van der Waals surface area contributed by atoms with Gasteiger partial charge in [0, 0.05) is 23.2 Å². The van der Waals surface area contributed by atoms with Gasteiger partial charge in [0.1, 0.15) is 22.8 Å². The highest BCUT2D eigenvalue weighted by molar-refractivity contribution is 6.40. The van der Waals surface area contributed by atoms with E-state index in [0.29, 0.717) is 32.8 Å². The predicted octanol–water partition coefficient (Wildman–Crippen LogP) is 7.02. The van der Waals surface area contributed by atoms with Crippen LogP contribution in [0.2, 0.25) is 10.0 Å². The molecule has 0 aliphatic heterocycles. The summed E-state index contributed by atoms with van der Waals surface area (Å²) in [4.78, 5) is 19.3. The molecule has 0 atom stereocenters. The Morgan fingerprint density at radius 1 is 1.12 bits per heavy atom. The van der Waals surface area contributed by atoms with E-state index in [0.717, 1.165) is 5.56 Å². The molecule has 0 saturated heterocycles. The molecule has 3 aromatic carbocycles. The van der Waals surface area contributed by atoms with Gasteiger partial charge in [-0.1, -0.05) is 35.3 Å². The minimum atomic E-state index is -0.625. The van der Waals surface area contributed by atoms with Crippen LogP contribution in [0.25, 0.3) is 22.0 Å². The van der Waals surface area contributed by atoms with Gasteiger partial charge in [-0.3, -0.25) is 10.1 Å². The van der Waals surface area contributed by atoms with Gasteiger partial charge in [0.15, 0.2) is 0 Å². The highest BCUT2D eigenvalue weighted by Crippen LogP contribution is 2.43. The minimum absolute atomic E-state index is 0.0276. The molecule has 0 aliphatic carbocycles. The van der Waals surface area contributed by atoms with Crippen LogP contribution in [0.1, 0.15) is 11.1 Å². The van der Waals surface area contributed by atoms with E-state index in [4.69, 9.17) is 27.9 Å². The number of para-hydroxylation sites is 1. The van der Waals surface area contributed by atoms with Crippen LogP contribution in [-0.4, -0.2) is 22.0 Å².